The molecule has 0 saturated carbocycles. The minimum atomic E-state index is -1.62. The van der Waals surface area contributed by atoms with Crippen LogP contribution >= 0.6 is 12.6 Å². The number of ether oxygens (including phenoxy) is 1. The summed E-state index contributed by atoms with van der Waals surface area (Å²) in [6.45, 7) is 1.21. The van der Waals surface area contributed by atoms with Crippen molar-refractivity contribution >= 4 is 29.6 Å². The van der Waals surface area contributed by atoms with E-state index in [4.69, 9.17) is 10.5 Å². The summed E-state index contributed by atoms with van der Waals surface area (Å²) < 4.78 is 6.85. The number of aliphatic hydroxyl groups excluding tert-OH is 3. The highest BCUT2D eigenvalue weighted by molar-refractivity contribution is 7.81. The molecule has 1 saturated heterocycles. The number of hydrogen-bond donors (Lipinski definition) is 5. The Labute approximate surface area is 124 Å². The lowest BCUT2D eigenvalue weighted by Crippen LogP contribution is -2.41. The molecule has 0 spiro atoms. The number of thiol groups is 1. The Hall–Kier alpha value is -1.46. The molecule has 21 heavy (non-hydrogen) atoms. The number of nitrogens with two attached hydrogens (primary N) is 1. The number of anilines is 1. The SMILES string of the molecule is Cc1nc(N)c2ncn([C@]3(S)O[C@H](CO)[C@@H](O)[C@H]3O)c2n1. The molecule has 3 rings (SSSR count). The van der Waals surface area contributed by atoms with Crippen molar-refractivity contribution in [3.05, 3.63) is 12.2 Å². The van der Waals surface area contributed by atoms with Gasteiger partial charge < -0.3 is 25.8 Å². The van der Waals surface area contributed by atoms with Crippen LogP contribution < -0.4 is 5.73 Å². The average molecular weight is 313 g/mol. The second-order valence-electron chi connectivity index (χ2n) is 4.88. The van der Waals surface area contributed by atoms with Crippen molar-refractivity contribution in [2.45, 2.75) is 30.3 Å². The smallest absolute Gasteiger partial charge is 0.222 e. The summed E-state index contributed by atoms with van der Waals surface area (Å²) in [6, 6.07) is 0. The predicted molar refractivity (Wildman–Crippen MR) is 75.4 cm³/mol. The number of fused-ring (bicyclic) bond motifs is 1. The van der Waals surface area contributed by atoms with Crippen LogP contribution in [0.3, 0.4) is 0 Å². The van der Waals surface area contributed by atoms with E-state index in [1.165, 1.54) is 10.9 Å². The fourth-order valence-corrected chi connectivity index (χ4v) is 2.84. The molecule has 0 bridgehead atoms. The predicted octanol–water partition coefficient (Wildman–Crippen LogP) is -1.63. The van der Waals surface area contributed by atoms with E-state index in [0.717, 1.165) is 0 Å². The summed E-state index contributed by atoms with van der Waals surface area (Å²) in [7, 11) is 0. The monoisotopic (exact) mass is 313 g/mol. The van der Waals surface area contributed by atoms with Gasteiger partial charge in [0, 0.05) is 0 Å². The minimum Gasteiger partial charge on any atom is -0.394 e. The summed E-state index contributed by atoms with van der Waals surface area (Å²) in [6.07, 6.45) is -2.29. The van der Waals surface area contributed by atoms with Gasteiger partial charge in [-0.3, -0.25) is 4.57 Å². The Morgan fingerprint density at radius 3 is 2.81 bits per heavy atom. The highest BCUT2D eigenvalue weighted by atomic mass is 32.1. The topological polar surface area (TPSA) is 140 Å². The van der Waals surface area contributed by atoms with Crippen molar-refractivity contribution in [2.24, 2.45) is 0 Å². The molecule has 1 aliphatic rings. The van der Waals surface area contributed by atoms with Crippen LogP contribution in [0.25, 0.3) is 11.2 Å². The summed E-state index contributed by atoms with van der Waals surface area (Å²) in [5.74, 6) is 0.616. The van der Waals surface area contributed by atoms with Crippen LogP contribution in [0.15, 0.2) is 6.33 Å². The molecule has 0 aliphatic carbocycles. The maximum Gasteiger partial charge on any atom is 0.222 e. The van der Waals surface area contributed by atoms with E-state index in [1.54, 1.807) is 6.92 Å². The van der Waals surface area contributed by atoms with Crippen LogP contribution in [-0.4, -0.2) is 59.8 Å². The van der Waals surface area contributed by atoms with Gasteiger partial charge in [-0.25, -0.2) is 15.0 Å². The number of rotatable bonds is 2. The zero-order valence-corrected chi connectivity index (χ0v) is 12.0. The van der Waals surface area contributed by atoms with Gasteiger partial charge in [-0.1, -0.05) is 0 Å². The number of aryl methyl sites for hydroxylation is 1. The summed E-state index contributed by atoms with van der Waals surface area (Å²) in [4.78, 5) is 12.3. The molecule has 0 aromatic carbocycles. The Morgan fingerprint density at radius 1 is 1.48 bits per heavy atom. The van der Waals surface area contributed by atoms with Gasteiger partial charge in [-0.15, -0.1) is 12.6 Å². The number of nitrogens with zero attached hydrogens (tertiary/aromatic N) is 4. The van der Waals surface area contributed by atoms with Crippen LogP contribution in [0.2, 0.25) is 0 Å². The van der Waals surface area contributed by atoms with Crippen molar-refractivity contribution in [3.8, 4) is 0 Å². The number of hydrogen-bond acceptors (Lipinski definition) is 9. The molecule has 0 radical (unpaired) electrons. The number of aliphatic hydroxyl groups is 3. The van der Waals surface area contributed by atoms with E-state index in [2.05, 4.69) is 27.6 Å². The molecule has 9 nitrogen and oxygen atoms in total. The molecular weight excluding hydrogens is 298 g/mol. The quantitative estimate of drug-likeness (QED) is 0.416. The fourth-order valence-electron chi connectivity index (χ4n) is 2.40. The Bertz CT molecular complexity index is 695. The van der Waals surface area contributed by atoms with Crippen molar-refractivity contribution < 1.29 is 20.1 Å². The van der Waals surface area contributed by atoms with Crippen LogP contribution in [0.1, 0.15) is 5.82 Å². The summed E-state index contributed by atoms with van der Waals surface area (Å²) in [5.41, 5.74) is 6.44. The fraction of sp³-hybridized carbons (Fsp3) is 0.545. The first-order valence-corrected chi connectivity index (χ1v) is 6.68. The maximum atomic E-state index is 10.2. The lowest BCUT2D eigenvalue weighted by Gasteiger charge is -2.28. The molecule has 2 aromatic heterocycles. The van der Waals surface area contributed by atoms with Gasteiger partial charge >= 0.3 is 0 Å². The summed E-state index contributed by atoms with van der Waals surface area (Å²) in [5, 5.41) is 27.7. The van der Waals surface area contributed by atoms with Gasteiger partial charge in [0.2, 0.25) is 5.06 Å². The first kappa shape index (κ1) is 14.5. The van der Waals surface area contributed by atoms with Crippen molar-refractivity contribution in [1.82, 2.24) is 19.5 Å². The molecule has 4 atom stereocenters. The van der Waals surface area contributed by atoms with Crippen LogP contribution in [0, 0.1) is 6.92 Å². The van der Waals surface area contributed by atoms with Gasteiger partial charge in [-0.05, 0) is 6.92 Å². The van der Waals surface area contributed by atoms with E-state index in [0.29, 0.717) is 17.0 Å². The van der Waals surface area contributed by atoms with E-state index in [9.17, 15) is 15.3 Å². The first-order chi connectivity index (χ1) is 9.88. The third-order valence-electron chi connectivity index (χ3n) is 3.47. The lowest BCUT2D eigenvalue weighted by atomic mass is 10.1. The maximum absolute atomic E-state index is 10.2. The molecule has 0 amide bonds. The van der Waals surface area contributed by atoms with Gasteiger partial charge in [-0.2, -0.15) is 0 Å². The molecule has 2 aromatic rings. The molecule has 5 N–H and O–H groups in total. The Morgan fingerprint density at radius 2 is 2.19 bits per heavy atom. The Kier molecular flexibility index (Phi) is 3.30. The van der Waals surface area contributed by atoms with Gasteiger partial charge in [0.05, 0.1) is 6.61 Å². The average Bonchev–Trinajstić information content (AvgIpc) is 2.95. The highest BCUT2D eigenvalue weighted by Crippen LogP contribution is 2.40. The van der Waals surface area contributed by atoms with E-state index >= 15 is 0 Å². The van der Waals surface area contributed by atoms with Crippen LogP contribution in [0.4, 0.5) is 5.82 Å². The molecule has 1 fully saturated rings. The third-order valence-corrected chi connectivity index (χ3v) is 4.06. The van der Waals surface area contributed by atoms with Gasteiger partial charge in [0.15, 0.2) is 11.5 Å². The zero-order chi connectivity index (χ0) is 15.4. The van der Waals surface area contributed by atoms with Crippen molar-refractivity contribution in [1.29, 1.82) is 0 Å². The van der Waals surface area contributed by atoms with Crippen molar-refractivity contribution in [2.75, 3.05) is 12.3 Å². The van der Waals surface area contributed by atoms with Gasteiger partial charge in [0.25, 0.3) is 0 Å². The molecule has 1 aliphatic heterocycles. The minimum absolute atomic E-state index is 0.194. The summed E-state index contributed by atoms with van der Waals surface area (Å²) >= 11 is 4.33. The van der Waals surface area contributed by atoms with E-state index in [1.807, 2.05) is 0 Å². The number of nitrogen functional groups attached to an aromatic ring is 1. The first-order valence-electron chi connectivity index (χ1n) is 6.23. The largest absolute Gasteiger partial charge is 0.394 e. The second-order valence-corrected chi connectivity index (χ2v) is 5.52. The number of imidazole rings is 1. The normalized spacial score (nSPS) is 32.9. The molecule has 114 valence electrons. The van der Waals surface area contributed by atoms with E-state index in [-0.39, 0.29) is 5.82 Å². The number of aromatic nitrogens is 4. The van der Waals surface area contributed by atoms with Crippen LogP contribution in [0.5, 0.6) is 0 Å². The zero-order valence-electron chi connectivity index (χ0n) is 11.1. The second kappa shape index (κ2) is 4.78. The van der Waals surface area contributed by atoms with Crippen LogP contribution in [-0.2, 0) is 9.79 Å². The Balaban J connectivity index is 2.16. The molecule has 3 heterocycles. The lowest BCUT2D eigenvalue weighted by molar-refractivity contribution is -0.0760. The molecular formula is C11H15N5O4S. The standard InChI is InChI=1S/C11H15N5O4S/c1-4-14-9(12)6-10(15-4)16(3-13-6)11(21)8(19)7(18)5(2-17)20-11/h3,5,7-8,17-19,21H,2H2,1H3,(H2,12,14,15)/t5-,7-,8-,11+/m1/s1. The van der Waals surface area contributed by atoms with Crippen molar-refractivity contribution in [3.63, 3.8) is 0 Å². The molecule has 0 unspecified atom stereocenters. The van der Waals surface area contributed by atoms with Gasteiger partial charge in [0.1, 0.15) is 36.0 Å². The molecule has 10 heteroatoms. The highest BCUT2D eigenvalue weighted by Gasteiger charge is 2.54. The third kappa shape index (κ3) is 1.99. The van der Waals surface area contributed by atoms with E-state index < -0.39 is 30.0 Å².